The number of nitrogens with zero attached hydrogens (tertiary/aromatic N) is 3. The second-order valence-corrected chi connectivity index (χ2v) is 6.55. The van der Waals surface area contributed by atoms with Crippen molar-refractivity contribution >= 4 is 15.7 Å². The average Bonchev–Trinajstić information content (AvgIpc) is 2.88. The van der Waals surface area contributed by atoms with E-state index in [1.54, 1.807) is 23.9 Å². The van der Waals surface area contributed by atoms with E-state index < -0.39 is 10.0 Å². The first kappa shape index (κ1) is 15.5. The monoisotopic (exact) mass is 309 g/mol. The zero-order valence-electron chi connectivity index (χ0n) is 12.3. The number of aromatic nitrogens is 3. The fourth-order valence-corrected chi connectivity index (χ4v) is 3.38. The molecule has 0 spiro atoms. The number of sulfonamides is 1. The highest BCUT2D eigenvalue weighted by Gasteiger charge is 2.19. The summed E-state index contributed by atoms with van der Waals surface area (Å²) in [5.74, 6) is 0.569. The van der Waals surface area contributed by atoms with Crippen LogP contribution in [-0.2, 0) is 23.1 Å². The van der Waals surface area contributed by atoms with E-state index in [0.717, 1.165) is 5.56 Å². The fourth-order valence-electron chi connectivity index (χ4n) is 2.05. The number of benzene rings is 1. The third kappa shape index (κ3) is 3.22. The Morgan fingerprint density at radius 3 is 2.71 bits per heavy atom. The van der Waals surface area contributed by atoms with Crippen molar-refractivity contribution in [2.45, 2.75) is 38.8 Å². The number of nitrogen functional groups attached to an aromatic ring is 1. The third-order valence-corrected chi connectivity index (χ3v) is 4.92. The van der Waals surface area contributed by atoms with Crippen LogP contribution in [0, 0.1) is 13.8 Å². The Balaban J connectivity index is 2.27. The first-order valence-electron chi connectivity index (χ1n) is 6.58. The van der Waals surface area contributed by atoms with Crippen molar-refractivity contribution in [3.63, 3.8) is 0 Å². The van der Waals surface area contributed by atoms with Gasteiger partial charge in [-0.05, 0) is 44.0 Å². The van der Waals surface area contributed by atoms with Crippen LogP contribution in [0.1, 0.15) is 23.9 Å². The van der Waals surface area contributed by atoms with Gasteiger partial charge < -0.3 is 10.3 Å². The second kappa shape index (κ2) is 5.82. The zero-order chi connectivity index (χ0) is 15.6. The molecule has 0 aliphatic carbocycles. The minimum atomic E-state index is -3.65. The SMILES string of the molecule is CCn1cnnc1CNS(=O)(=O)c1cc(N)cc(C)c1C. The molecular weight excluding hydrogens is 290 g/mol. The van der Waals surface area contributed by atoms with Crippen LogP contribution in [0.5, 0.6) is 0 Å². The summed E-state index contributed by atoms with van der Waals surface area (Å²) in [7, 11) is -3.65. The summed E-state index contributed by atoms with van der Waals surface area (Å²) in [5.41, 5.74) is 7.70. The number of hydrogen-bond donors (Lipinski definition) is 2. The standard InChI is InChI=1S/C13H19N5O2S/c1-4-18-8-15-17-13(18)7-16-21(19,20)12-6-11(14)5-9(2)10(12)3/h5-6,8,16H,4,7,14H2,1-3H3. The highest BCUT2D eigenvalue weighted by Crippen LogP contribution is 2.22. The van der Waals surface area contributed by atoms with E-state index in [-0.39, 0.29) is 11.4 Å². The van der Waals surface area contributed by atoms with Gasteiger partial charge in [0, 0.05) is 12.2 Å². The van der Waals surface area contributed by atoms with E-state index in [4.69, 9.17) is 5.73 Å². The Morgan fingerprint density at radius 1 is 1.33 bits per heavy atom. The lowest BCUT2D eigenvalue weighted by Gasteiger charge is -2.12. The van der Waals surface area contributed by atoms with Crippen LogP contribution < -0.4 is 10.5 Å². The first-order valence-corrected chi connectivity index (χ1v) is 8.06. The lowest BCUT2D eigenvalue weighted by Crippen LogP contribution is -2.26. The van der Waals surface area contributed by atoms with Crippen LogP contribution in [0.15, 0.2) is 23.4 Å². The van der Waals surface area contributed by atoms with E-state index in [0.29, 0.717) is 23.6 Å². The van der Waals surface area contributed by atoms with Crippen molar-refractivity contribution < 1.29 is 8.42 Å². The van der Waals surface area contributed by atoms with Crippen LogP contribution in [0.25, 0.3) is 0 Å². The molecule has 1 aromatic carbocycles. The smallest absolute Gasteiger partial charge is 0.241 e. The summed E-state index contributed by atoms with van der Waals surface area (Å²) in [4.78, 5) is 0.197. The predicted molar refractivity (Wildman–Crippen MR) is 80.0 cm³/mol. The van der Waals surface area contributed by atoms with Crippen molar-refractivity contribution in [2.24, 2.45) is 0 Å². The zero-order valence-corrected chi connectivity index (χ0v) is 13.1. The summed E-state index contributed by atoms with van der Waals surface area (Å²) in [6.45, 7) is 6.30. The molecule has 2 rings (SSSR count). The van der Waals surface area contributed by atoms with Crippen molar-refractivity contribution in [3.05, 3.63) is 35.4 Å². The minimum absolute atomic E-state index is 0.0868. The summed E-state index contributed by atoms with van der Waals surface area (Å²) < 4.78 is 29.2. The molecule has 0 bridgehead atoms. The molecule has 21 heavy (non-hydrogen) atoms. The summed E-state index contributed by atoms with van der Waals surface area (Å²) in [6, 6.07) is 3.22. The highest BCUT2D eigenvalue weighted by molar-refractivity contribution is 7.89. The van der Waals surface area contributed by atoms with Crippen LogP contribution in [-0.4, -0.2) is 23.2 Å². The van der Waals surface area contributed by atoms with Crippen LogP contribution in [0.3, 0.4) is 0 Å². The molecular formula is C13H19N5O2S. The predicted octanol–water partition coefficient (Wildman–Crippen LogP) is 0.976. The van der Waals surface area contributed by atoms with E-state index in [9.17, 15) is 8.42 Å². The van der Waals surface area contributed by atoms with Crippen molar-refractivity contribution in [1.29, 1.82) is 0 Å². The van der Waals surface area contributed by atoms with Crippen molar-refractivity contribution in [2.75, 3.05) is 5.73 Å². The molecule has 7 nitrogen and oxygen atoms in total. The Kier molecular flexibility index (Phi) is 4.29. The molecule has 0 amide bonds. The van der Waals surface area contributed by atoms with Gasteiger partial charge in [-0.25, -0.2) is 13.1 Å². The van der Waals surface area contributed by atoms with Gasteiger partial charge in [-0.2, -0.15) is 0 Å². The van der Waals surface area contributed by atoms with Gasteiger partial charge in [0.15, 0.2) is 0 Å². The van der Waals surface area contributed by atoms with E-state index >= 15 is 0 Å². The van der Waals surface area contributed by atoms with E-state index in [1.807, 2.05) is 13.8 Å². The lowest BCUT2D eigenvalue weighted by atomic mass is 10.1. The minimum Gasteiger partial charge on any atom is -0.399 e. The van der Waals surface area contributed by atoms with Gasteiger partial charge in [-0.15, -0.1) is 10.2 Å². The number of aryl methyl sites for hydroxylation is 2. The molecule has 3 N–H and O–H groups in total. The fraction of sp³-hybridized carbons (Fsp3) is 0.385. The Bertz CT molecular complexity index is 752. The number of nitrogens with two attached hydrogens (primary N) is 1. The molecule has 0 aliphatic heterocycles. The average molecular weight is 309 g/mol. The molecule has 1 heterocycles. The molecule has 0 radical (unpaired) electrons. The van der Waals surface area contributed by atoms with Crippen LogP contribution >= 0.6 is 0 Å². The number of hydrogen-bond acceptors (Lipinski definition) is 5. The summed E-state index contributed by atoms with van der Waals surface area (Å²) in [6.07, 6.45) is 1.57. The normalized spacial score (nSPS) is 11.8. The topological polar surface area (TPSA) is 103 Å². The number of anilines is 1. The largest absolute Gasteiger partial charge is 0.399 e. The maximum atomic E-state index is 12.4. The molecule has 0 aliphatic rings. The second-order valence-electron chi connectivity index (χ2n) is 4.82. The maximum Gasteiger partial charge on any atom is 0.241 e. The maximum absolute atomic E-state index is 12.4. The van der Waals surface area contributed by atoms with E-state index in [2.05, 4.69) is 14.9 Å². The molecule has 0 saturated carbocycles. The van der Waals surface area contributed by atoms with Gasteiger partial charge in [0.1, 0.15) is 12.2 Å². The molecule has 0 atom stereocenters. The summed E-state index contributed by atoms with van der Waals surface area (Å²) >= 11 is 0. The number of rotatable bonds is 5. The third-order valence-electron chi connectivity index (χ3n) is 3.39. The van der Waals surface area contributed by atoms with Gasteiger partial charge in [0.25, 0.3) is 0 Å². The number of nitrogens with one attached hydrogen (secondary N) is 1. The van der Waals surface area contributed by atoms with Crippen LogP contribution in [0.2, 0.25) is 0 Å². The van der Waals surface area contributed by atoms with Gasteiger partial charge in [-0.3, -0.25) is 0 Å². The molecule has 114 valence electrons. The van der Waals surface area contributed by atoms with Gasteiger partial charge in [0.2, 0.25) is 10.0 Å². The van der Waals surface area contributed by atoms with Gasteiger partial charge in [-0.1, -0.05) is 0 Å². The molecule has 1 aromatic heterocycles. The van der Waals surface area contributed by atoms with E-state index in [1.165, 1.54) is 6.07 Å². The first-order chi connectivity index (χ1) is 9.85. The molecule has 0 unspecified atom stereocenters. The molecule has 2 aromatic rings. The molecule has 0 fully saturated rings. The lowest BCUT2D eigenvalue weighted by molar-refractivity contribution is 0.574. The molecule has 8 heteroatoms. The highest BCUT2D eigenvalue weighted by atomic mass is 32.2. The van der Waals surface area contributed by atoms with Crippen LogP contribution in [0.4, 0.5) is 5.69 Å². The quantitative estimate of drug-likeness (QED) is 0.801. The van der Waals surface area contributed by atoms with Crippen molar-refractivity contribution in [1.82, 2.24) is 19.5 Å². The Hall–Kier alpha value is -1.93. The van der Waals surface area contributed by atoms with Gasteiger partial charge in [0.05, 0.1) is 11.4 Å². The Labute approximate surface area is 124 Å². The van der Waals surface area contributed by atoms with Crippen molar-refractivity contribution in [3.8, 4) is 0 Å². The van der Waals surface area contributed by atoms with Gasteiger partial charge >= 0.3 is 0 Å². The Morgan fingerprint density at radius 2 is 2.05 bits per heavy atom. The molecule has 0 saturated heterocycles. The summed E-state index contributed by atoms with van der Waals surface area (Å²) in [5, 5.41) is 7.67.